The molecule has 0 aliphatic carbocycles. The molecule has 1 aliphatic rings. The minimum absolute atomic E-state index is 0.0747. The van der Waals surface area contributed by atoms with Crippen molar-refractivity contribution in [2.45, 2.75) is 88.9 Å². The van der Waals surface area contributed by atoms with Crippen LogP contribution in [-0.2, 0) is 10.6 Å². The first kappa shape index (κ1) is 25.6. The number of H-pyrrole nitrogens is 1. The van der Waals surface area contributed by atoms with Crippen molar-refractivity contribution in [3.05, 3.63) is 32.6 Å². The molecule has 1 aliphatic heterocycles. The van der Waals surface area contributed by atoms with Crippen LogP contribution in [0.3, 0.4) is 0 Å². The first-order valence-electron chi connectivity index (χ1n) is 10.4. The lowest BCUT2D eigenvalue weighted by atomic mass is 9.99. The number of aryl methyl sites for hydroxylation is 1. The summed E-state index contributed by atoms with van der Waals surface area (Å²) < 4.78 is 20.2. The Bertz CT molecular complexity index is 848. The molecule has 1 aromatic heterocycles. The molecule has 0 spiro atoms. The Morgan fingerprint density at radius 3 is 2.48 bits per heavy atom. The van der Waals surface area contributed by atoms with Gasteiger partial charge in [0.15, 0.2) is 6.30 Å². The van der Waals surface area contributed by atoms with Crippen LogP contribution < -0.4 is 11.2 Å². The van der Waals surface area contributed by atoms with E-state index >= 15 is 0 Å². The first-order valence-corrected chi connectivity index (χ1v) is 10.4. The Labute approximate surface area is 178 Å². The molecule has 0 aromatic carbocycles. The maximum absolute atomic E-state index is 14.8. The molecule has 12 heteroatoms. The number of aromatic nitrogens is 2. The van der Waals surface area contributed by atoms with Gasteiger partial charge in [-0.15, -0.1) is 5.06 Å². The summed E-state index contributed by atoms with van der Waals surface area (Å²) in [6.45, 7) is 2.43. The number of hydrogen-bond donors (Lipinski definition) is 6. The molecule has 11 nitrogen and oxygen atoms in total. The molecule has 1 fully saturated rings. The Morgan fingerprint density at radius 2 is 1.87 bits per heavy atom. The van der Waals surface area contributed by atoms with E-state index in [4.69, 9.17) is 4.74 Å². The topological polar surface area (TPSA) is 168 Å². The maximum Gasteiger partial charge on any atom is 0.332 e. The molecule has 178 valence electrons. The SMILES string of the molecule is CCCCCCCCC(F)N(O)[C@@]1(O)[C@H](O)[C@@H](CO)O[C@@]1(O)n1cc(C)c(=O)[nH]c1=O. The number of ether oxygens (including phenoxy) is 1. The van der Waals surface area contributed by atoms with Gasteiger partial charge in [0.2, 0.25) is 5.72 Å². The Hall–Kier alpha value is -1.67. The van der Waals surface area contributed by atoms with Crippen molar-refractivity contribution in [3.63, 3.8) is 0 Å². The fraction of sp³-hybridized carbons (Fsp3) is 0.789. The largest absolute Gasteiger partial charge is 0.394 e. The van der Waals surface area contributed by atoms with E-state index in [9.17, 15) is 39.6 Å². The highest BCUT2D eigenvalue weighted by molar-refractivity contribution is 5.09. The lowest BCUT2D eigenvalue weighted by Gasteiger charge is -2.43. The summed E-state index contributed by atoms with van der Waals surface area (Å²) in [7, 11) is 0. The van der Waals surface area contributed by atoms with Gasteiger partial charge in [-0.05, 0) is 19.8 Å². The zero-order valence-corrected chi connectivity index (χ0v) is 17.7. The summed E-state index contributed by atoms with van der Waals surface area (Å²) in [6, 6.07) is 0. The van der Waals surface area contributed by atoms with Gasteiger partial charge in [0.1, 0.15) is 12.2 Å². The first-order chi connectivity index (χ1) is 14.5. The van der Waals surface area contributed by atoms with Crippen molar-refractivity contribution in [1.82, 2.24) is 14.6 Å². The zero-order chi connectivity index (χ0) is 23.4. The number of aliphatic hydroxyl groups is 4. The van der Waals surface area contributed by atoms with Gasteiger partial charge in [0, 0.05) is 11.8 Å². The highest BCUT2D eigenvalue weighted by atomic mass is 19.1. The van der Waals surface area contributed by atoms with Crippen LogP contribution in [-0.4, -0.2) is 71.1 Å². The van der Waals surface area contributed by atoms with E-state index in [-0.39, 0.29) is 17.0 Å². The Morgan fingerprint density at radius 1 is 1.26 bits per heavy atom. The minimum Gasteiger partial charge on any atom is -0.394 e. The molecule has 0 bridgehead atoms. The predicted octanol–water partition coefficient (Wildman–Crippen LogP) is -0.374. The number of hydrogen-bond acceptors (Lipinski definition) is 9. The van der Waals surface area contributed by atoms with Gasteiger partial charge in [-0.2, -0.15) is 0 Å². The molecule has 0 amide bonds. The quantitative estimate of drug-likeness (QED) is 0.114. The number of nitrogens with one attached hydrogen (secondary N) is 1. The van der Waals surface area contributed by atoms with Gasteiger partial charge in [0.25, 0.3) is 5.56 Å². The maximum atomic E-state index is 14.8. The number of nitrogens with zero attached hydrogens (tertiary/aromatic N) is 2. The number of hydroxylamine groups is 2. The van der Waals surface area contributed by atoms with Crippen molar-refractivity contribution in [1.29, 1.82) is 0 Å². The predicted molar refractivity (Wildman–Crippen MR) is 106 cm³/mol. The summed E-state index contributed by atoms with van der Waals surface area (Å²) in [5.74, 6) is -3.23. The third-order valence-corrected chi connectivity index (χ3v) is 5.60. The van der Waals surface area contributed by atoms with Crippen LogP contribution in [0.25, 0.3) is 0 Å². The van der Waals surface area contributed by atoms with Gasteiger partial charge in [-0.1, -0.05) is 39.0 Å². The molecule has 0 radical (unpaired) electrons. The summed E-state index contributed by atoms with van der Waals surface area (Å²) in [5, 5.41) is 52.2. The number of rotatable bonds is 11. The van der Waals surface area contributed by atoms with E-state index in [0.29, 0.717) is 17.4 Å². The molecule has 1 aromatic rings. The molecule has 1 saturated heterocycles. The Balaban J connectivity index is 2.33. The fourth-order valence-electron chi connectivity index (χ4n) is 3.69. The molecule has 2 heterocycles. The molecule has 0 saturated carbocycles. The van der Waals surface area contributed by atoms with Crippen molar-refractivity contribution < 1.29 is 34.8 Å². The molecule has 1 unspecified atom stereocenters. The normalized spacial score (nSPS) is 29.6. The monoisotopic (exact) mass is 449 g/mol. The number of aliphatic hydroxyl groups excluding tert-OH is 2. The standard InChI is InChI=1S/C19H32FN3O8/c1-3-4-5-6-7-8-9-14(20)23(30)18(28)15(25)13(11-24)31-19(18,29)22-10-12(2)16(26)21-17(22)27/h10,13-15,24-25,28-30H,3-9,11H2,1-2H3,(H,21,26,27)/t13-,14?,15-,18-,19-/m1/s1. The molecule has 31 heavy (non-hydrogen) atoms. The van der Waals surface area contributed by atoms with Crippen molar-refractivity contribution in [2.75, 3.05) is 6.61 Å². The van der Waals surface area contributed by atoms with Crippen LogP contribution >= 0.6 is 0 Å². The molecular formula is C19H32FN3O8. The Kier molecular flexibility index (Phi) is 8.50. The van der Waals surface area contributed by atoms with E-state index < -0.39 is 48.0 Å². The number of aromatic amines is 1. The lowest BCUT2D eigenvalue weighted by molar-refractivity contribution is -0.428. The average Bonchev–Trinajstić information content (AvgIpc) is 2.94. The summed E-state index contributed by atoms with van der Waals surface area (Å²) in [5.41, 5.74) is -5.38. The average molecular weight is 449 g/mol. The van der Waals surface area contributed by atoms with Crippen LogP contribution in [0.15, 0.2) is 15.8 Å². The second-order valence-corrected chi connectivity index (χ2v) is 7.89. The van der Waals surface area contributed by atoms with Gasteiger partial charge in [-0.3, -0.25) is 9.78 Å². The summed E-state index contributed by atoms with van der Waals surface area (Å²) >= 11 is 0. The molecule has 6 N–H and O–H groups in total. The van der Waals surface area contributed by atoms with E-state index in [1.54, 1.807) is 0 Å². The smallest absolute Gasteiger partial charge is 0.332 e. The van der Waals surface area contributed by atoms with E-state index in [1.165, 1.54) is 6.92 Å². The number of alkyl halides is 1. The summed E-state index contributed by atoms with van der Waals surface area (Å²) in [6.07, 6.45) is -0.555. The van der Waals surface area contributed by atoms with Gasteiger partial charge >= 0.3 is 11.6 Å². The van der Waals surface area contributed by atoms with Gasteiger partial charge in [-0.25, -0.2) is 13.8 Å². The second-order valence-electron chi connectivity index (χ2n) is 7.89. The second kappa shape index (κ2) is 10.3. The van der Waals surface area contributed by atoms with Crippen molar-refractivity contribution in [2.24, 2.45) is 0 Å². The van der Waals surface area contributed by atoms with Crippen molar-refractivity contribution >= 4 is 0 Å². The van der Waals surface area contributed by atoms with Crippen molar-refractivity contribution in [3.8, 4) is 0 Å². The third-order valence-electron chi connectivity index (χ3n) is 5.60. The molecular weight excluding hydrogens is 417 g/mol. The van der Waals surface area contributed by atoms with Crippen LogP contribution in [0.2, 0.25) is 0 Å². The van der Waals surface area contributed by atoms with Crippen LogP contribution in [0.1, 0.15) is 57.4 Å². The van der Waals surface area contributed by atoms with Crippen LogP contribution in [0, 0.1) is 6.92 Å². The van der Waals surface area contributed by atoms with Crippen LogP contribution in [0.5, 0.6) is 0 Å². The highest BCUT2D eigenvalue weighted by Crippen LogP contribution is 2.44. The van der Waals surface area contributed by atoms with E-state index in [1.807, 2.05) is 4.98 Å². The zero-order valence-electron chi connectivity index (χ0n) is 17.7. The number of unbranched alkanes of at least 4 members (excludes halogenated alkanes) is 5. The number of halogens is 1. The molecule has 2 rings (SSSR count). The minimum atomic E-state index is -3.28. The van der Waals surface area contributed by atoms with E-state index in [2.05, 4.69) is 6.92 Å². The van der Waals surface area contributed by atoms with Gasteiger partial charge < -0.3 is 30.4 Å². The lowest BCUT2D eigenvalue weighted by Crippen LogP contribution is -2.69. The highest BCUT2D eigenvalue weighted by Gasteiger charge is 2.71. The fourth-order valence-corrected chi connectivity index (χ4v) is 3.69. The summed E-state index contributed by atoms with van der Waals surface area (Å²) in [4.78, 5) is 25.8. The van der Waals surface area contributed by atoms with Gasteiger partial charge in [0.05, 0.1) is 6.61 Å². The third kappa shape index (κ3) is 4.75. The van der Waals surface area contributed by atoms with Crippen LogP contribution in [0.4, 0.5) is 4.39 Å². The molecule has 5 atom stereocenters. The van der Waals surface area contributed by atoms with E-state index in [0.717, 1.165) is 31.9 Å².